The third kappa shape index (κ3) is 7.60. The summed E-state index contributed by atoms with van der Waals surface area (Å²) in [7, 11) is 1.47. The third-order valence-electron chi connectivity index (χ3n) is 4.18. The summed E-state index contributed by atoms with van der Waals surface area (Å²) in [6.45, 7) is 3.36. The van der Waals surface area contributed by atoms with Crippen molar-refractivity contribution in [3.63, 3.8) is 0 Å². The van der Waals surface area contributed by atoms with Crippen LogP contribution in [0.25, 0.3) is 0 Å². The minimum Gasteiger partial charge on any atom is -0.496 e. The molecule has 0 aliphatic carbocycles. The van der Waals surface area contributed by atoms with E-state index in [-0.39, 0.29) is 19.1 Å². The topological polar surface area (TPSA) is 77.4 Å². The number of alkyl halides is 3. The van der Waals surface area contributed by atoms with Crippen molar-refractivity contribution in [3.8, 4) is 5.75 Å². The van der Waals surface area contributed by atoms with Crippen molar-refractivity contribution in [1.82, 2.24) is 0 Å². The Morgan fingerprint density at radius 2 is 1.90 bits per heavy atom. The van der Waals surface area contributed by atoms with Crippen LogP contribution in [0.4, 0.5) is 13.2 Å². The lowest BCUT2D eigenvalue weighted by molar-refractivity contribution is -0.153. The van der Waals surface area contributed by atoms with E-state index in [1.807, 2.05) is 0 Å². The maximum absolute atomic E-state index is 12.8. The Balaban J connectivity index is 2.09. The lowest BCUT2D eigenvalue weighted by atomic mass is 10.0. The molecule has 2 aromatic rings. The van der Waals surface area contributed by atoms with Crippen LogP contribution in [0.15, 0.2) is 47.6 Å². The smallest absolute Gasteiger partial charge is 0.416 e. The second kappa shape index (κ2) is 10.8. The van der Waals surface area contributed by atoms with E-state index in [1.165, 1.54) is 25.5 Å². The summed E-state index contributed by atoms with van der Waals surface area (Å²) in [5.41, 5.74) is 0.775. The average Bonchev–Trinajstić information content (AvgIpc) is 2.70. The molecular weight excluding hydrogens is 415 g/mol. The van der Waals surface area contributed by atoms with Gasteiger partial charge in [-0.05, 0) is 49.2 Å². The van der Waals surface area contributed by atoms with Crippen molar-refractivity contribution < 1.29 is 37.4 Å². The van der Waals surface area contributed by atoms with Gasteiger partial charge in [0, 0.05) is 12.0 Å². The molecule has 0 bridgehead atoms. The van der Waals surface area contributed by atoms with Gasteiger partial charge in [0.25, 0.3) is 0 Å². The highest BCUT2D eigenvalue weighted by molar-refractivity contribution is 5.83. The first-order chi connectivity index (χ1) is 14.6. The molecule has 0 aliphatic rings. The predicted molar refractivity (Wildman–Crippen MR) is 108 cm³/mol. The molecule has 0 amide bonds. The van der Waals surface area contributed by atoms with Crippen LogP contribution in [0.5, 0.6) is 5.75 Å². The molecule has 1 atom stereocenters. The van der Waals surface area contributed by atoms with Crippen molar-refractivity contribution in [2.45, 2.75) is 45.3 Å². The number of methoxy groups -OCH3 is 1. The predicted octanol–water partition coefficient (Wildman–Crippen LogP) is 4.69. The van der Waals surface area contributed by atoms with Gasteiger partial charge in [0.1, 0.15) is 12.4 Å². The second-order valence-electron chi connectivity index (χ2n) is 7.00. The average molecular weight is 439 g/mol. The zero-order chi connectivity index (χ0) is 23.0. The van der Waals surface area contributed by atoms with Crippen LogP contribution in [0, 0.1) is 0 Å². The van der Waals surface area contributed by atoms with Crippen LogP contribution >= 0.6 is 0 Å². The van der Waals surface area contributed by atoms with E-state index in [0.717, 1.165) is 12.1 Å². The van der Waals surface area contributed by atoms with Crippen LogP contribution in [0.2, 0.25) is 0 Å². The number of hydrogen-bond acceptors (Lipinski definition) is 5. The quantitative estimate of drug-likeness (QED) is 0.430. The standard InChI is InChI=1S/C22H24F3NO5/c1-14(2)31-20(21(27)28)11-15-7-8-19(29-3)17(9-15)12-26-30-13-16-5-4-6-18(10-16)22(23,24)25/h4-10,12,14,20H,11,13H2,1-3H3,(H,27,28). The molecule has 0 spiro atoms. The van der Waals surface area contributed by atoms with Gasteiger partial charge < -0.3 is 19.4 Å². The number of halogens is 3. The van der Waals surface area contributed by atoms with E-state index in [2.05, 4.69) is 5.16 Å². The fraction of sp³-hybridized carbons (Fsp3) is 0.364. The first-order valence-corrected chi connectivity index (χ1v) is 9.46. The van der Waals surface area contributed by atoms with Gasteiger partial charge in [-0.25, -0.2) is 4.79 Å². The highest BCUT2D eigenvalue weighted by atomic mass is 19.4. The molecule has 0 heterocycles. The van der Waals surface area contributed by atoms with E-state index in [4.69, 9.17) is 14.3 Å². The lowest BCUT2D eigenvalue weighted by Crippen LogP contribution is -2.29. The van der Waals surface area contributed by atoms with Crippen LogP contribution in [0.3, 0.4) is 0 Å². The Bertz CT molecular complexity index is 912. The Morgan fingerprint density at radius 1 is 1.16 bits per heavy atom. The minimum atomic E-state index is -4.43. The number of oxime groups is 1. The Hall–Kier alpha value is -3.07. The maximum Gasteiger partial charge on any atom is 0.416 e. The van der Waals surface area contributed by atoms with Crippen molar-refractivity contribution in [1.29, 1.82) is 0 Å². The largest absolute Gasteiger partial charge is 0.496 e. The lowest BCUT2D eigenvalue weighted by Gasteiger charge is -2.17. The molecule has 1 N–H and O–H groups in total. The molecule has 2 aromatic carbocycles. The monoisotopic (exact) mass is 439 g/mol. The molecular formula is C22H24F3NO5. The first kappa shape index (κ1) is 24.2. The van der Waals surface area contributed by atoms with Crippen molar-refractivity contribution in [2.24, 2.45) is 5.16 Å². The van der Waals surface area contributed by atoms with Gasteiger partial charge in [0.2, 0.25) is 0 Å². The van der Waals surface area contributed by atoms with Crippen LogP contribution < -0.4 is 4.74 Å². The Labute approximate surface area is 178 Å². The van der Waals surface area contributed by atoms with Crippen LogP contribution in [-0.2, 0) is 33.6 Å². The number of nitrogens with zero attached hydrogens (tertiary/aromatic N) is 1. The molecule has 2 rings (SSSR count). The third-order valence-corrected chi connectivity index (χ3v) is 4.18. The SMILES string of the molecule is COc1ccc(CC(OC(C)C)C(=O)O)cc1C=NOCc1cccc(C(F)(F)F)c1. The Morgan fingerprint density at radius 3 is 2.52 bits per heavy atom. The highest BCUT2D eigenvalue weighted by Crippen LogP contribution is 2.29. The summed E-state index contributed by atoms with van der Waals surface area (Å²) in [5.74, 6) is -0.587. The molecule has 1 unspecified atom stereocenters. The highest BCUT2D eigenvalue weighted by Gasteiger charge is 2.30. The fourth-order valence-corrected chi connectivity index (χ4v) is 2.79. The van der Waals surface area contributed by atoms with Gasteiger partial charge in [-0.15, -0.1) is 0 Å². The number of hydrogen-bond donors (Lipinski definition) is 1. The zero-order valence-corrected chi connectivity index (χ0v) is 17.3. The van der Waals surface area contributed by atoms with E-state index in [1.54, 1.807) is 32.0 Å². The molecule has 0 saturated carbocycles. The molecule has 0 radical (unpaired) electrons. The fourth-order valence-electron chi connectivity index (χ4n) is 2.79. The molecule has 0 fully saturated rings. The number of ether oxygens (including phenoxy) is 2. The minimum absolute atomic E-state index is 0.142. The summed E-state index contributed by atoms with van der Waals surface area (Å²) in [5, 5.41) is 13.1. The van der Waals surface area contributed by atoms with Gasteiger partial charge in [0.05, 0.1) is 25.0 Å². The number of carboxylic acids is 1. The van der Waals surface area contributed by atoms with Crippen molar-refractivity contribution in [3.05, 3.63) is 64.7 Å². The molecule has 168 valence electrons. The number of rotatable bonds is 10. The Kier molecular flexibility index (Phi) is 8.44. The number of aliphatic carboxylic acids is 1. The summed E-state index contributed by atoms with van der Waals surface area (Å²) in [4.78, 5) is 16.5. The maximum atomic E-state index is 12.8. The molecule has 6 nitrogen and oxygen atoms in total. The van der Waals surface area contributed by atoms with Crippen molar-refractivity contribution in [2.75, 3.05) is 7.11 Å². The van der Waals surface area contributed by atoms with Gasteiger partial charge in [-0.3, -0.25) is 0 Å². The van der Waals surface area contributed by atoms with E-state index in [9.17, 15) is 23.1 Å². The molecule has 9 heteroatoms. The van der Waals surface area contributed by atoms with Crippen LogP contribution in [0.1, 0.15) is 36.1 Å². The summed E-state index contributed by atoms with van der Waals surface area (Å²) in [6, 6.07) is 9.86. The van der Waals surface area contributed by atoms with E-state index < -0.39 is 23.8 Å². The first-order valence-electron chi connectivity index (χ1n) is 9.46. The zero-order valence-electron chi connectivity index (χ0n) is 17.3. The van der Waals surface area contributed by atoms with Crippen LogP contribution in [-0.4, -0.2) is 36.6 Å². The van der Waals surface area contributed by atoms with E-state index in [0.29, 0.717) is 22.4 Å². The van der Waals surface area contributed by atoms with Gasteiger partial charge >= 0.3 is 12.1 Å². The normalized spacial score (nSPS) is 12.9. The van der Waals surface area contributed by atoms with Gasteiger partial charge in [0.15, 0.2) is 6.10 Å². The number of carbonyl (C=O) groups is 1. The molecule has 0 aromatic heterocycles. The van der Waals surface area contributed by atoms with Gasteiger partial charge in [-0.1, -0.05) is 23.4 Å². The number of carboxylic acid groups (broad SMARTS) is 1. The van der Waals surface area contributed by atoms with Crippen molar-refractivity contribution >= 4 is 12.2 Å². The number of benzene rings is 2. The second-order valence-corrected chi connectivity index (χ2v) is 7.00. The van der Waals surface area contributed by atoms with Gasteiger partial charge in [-0.2, -0.15) is 13.2 Å². The summed E-state index contributed by atoms with van der Waals surface area (Å²) < 4.78 is 49.0. The van der Waals surface area contributed by atoms with E-state index >= 15 is 0 Å². The molecule has 31 heavy (non-hydrogen) atoms. The summed E-state index contributed by atoms with van der Waals surface area (Å²) >= 11 is 0. The molecule has 0 aliphatic heterocycles. The molecule has 0 saturated heterocycles. The summed E-state index contributed by atoms with van der Waals surface area (Å²) in [6.07, 6.45) is -4.18.